The Labute approximate surface area is 165 Å². The molecule has 0 bridgehead atoms. The largest absolute Gasteiger partial charge is 0.481 e. The smallest absolute Gasteiger partial charge is 0.312 e. The van der Waals surface area contributed by atoms with Crippen molar-refractivity contribution in [3.8, 4) is 0 Å². The van der Waals surface area contributed by atoms with Gasteiger partial charge in [0.15, 0.2) is 0 Å². The number of carboxylic acids is 1. The molecule has 130 valence electrons. The average Bonchev–Trinajstić information content (AvgIpc) is 3.25. The number of halogens is 1. The van der Waals surface area contributed by atoms with Gasteiger partial charge in [0.2, 0.25) is 0 Å². The van der Waals surface area contributed by atoms with Crippen LogP contribution in [0.15, 0.2) is 56.8 Å². The maximum absolute atomic E-state index is 12.6. The second-order valence-electron chi connectivity index (χ2n) is 6.99. The van der Waals surface area contributed by atoms with Crippen molar-refractivity contribution < 1.29 is 9.90 Å². The number of hydrogen-bond donors (Lipinski definition) is 1. The van der Waals surface area contributed by atoms with Crippen molar-refractivity contribution in [3.63, 3.8) is 0 Å². The zero-order chi connectivity index (χ0) is 17.4. The third-order valence-electron chi connectivity index (χ3n) is 5.64. The Hall–Kier alpha value is -1.18. The summed E-state index contributed by atoms with van der Waals surface area (Å²) in [4.78, 5) is 14.9. The number of likely N-dealkylation sites (tertiary alicyclic amines) is 1. The van der Waals surface area contributed by atoms with Gasteiger partial charge in [0, 0.05) is 31.5 Å². The summed E-state index contributed by atoms with van der Waals surface area (Å²) in [6.07, 6.45) is 3.07. The molecule has 0 saturated carbocycles. The number of benzene rings is 1. The fourth-order valence-electron chi connectivity index (χ4n) is 4.47. The van der Waals surface area contributed by atoms with E-state index in [2.05, 4.69) is 62.5 Å². The highest BCUT2D eigenvalue weighted by molar-refractivity contribution is 14.1. The number of thiophene rings is 1. The zero-order valence-corrected chi connectivity index (χ0v) is 16.7. The van der Waals surface area contributed by atoms with E-state index >= 15 is 0 Å². The van der Waals surface area contributed by atoms with Crippen molar-refractivity contribution in [1.29, 1.82) is 0 Å². The lowest BCUT2D eigenvalue weighted by Gasteiger charge is -2.40. The molecule has 0 amide bonds. The maximum Gasteiger partial charge on any atom is 0.312 e. The van der Waals surface area contributed by atoms with Gasteiger partial charge in [-0.15, -0.1) is 0 Å². The molecule has 1 aromatic heterocycles. The topological polar surface area (TPSA) is 40.5 Å². The molecule has 3 atom stereocenters. The van der Waals surface area contributed by atoms with Gasteiger partial charge in [-0.3, -0.25) is 9.69 Å². The minimum atomic E-state index is -0.721. The molecule has 1 N–H and O–H groups in total. The Morgan fingerprint density at radius 1 is 1.28 bits per heavy atom. The van der Waals surface area contributed by atoms with Crippen LogP contribution >= 0.6 is 33.9 Å². The molecule has 1 aromatic carbocycles. The molecule has 0 spiro atoms. The standard InChI is InChI=1S/C20H20INO2S/c21-18-7-6-16(15-8-9-25-12-15)20(19(23)24)13-22(11-17(18)20)10-14-4-2-1-3-5-14/h1-5,7-9,12,16-17H,6,10-11,13H2,(H,23,24). The summed E-state index contributed by atoms with van der Waals surface area (Å²) in [5, 5.41) is 14.5. The van der Waals surface area contributed by atoms with Gasteiger partial charge in [0.1, 0.15) is 0 Å². The summed E-state index contributed by atoms with van der Waals surface area (Å²) in [6.45, 7) is 2.24. The SMILES string of the molecule is O=C(O)C12CN(Cc3ccccc3)CC1C(I)=CCC2c1ccsc1. The van der Waals surface area contributed by atoms with Gasteiger partial charge in [-0.2, -0.15) is 11.3 Å². The lowest BCUT2D eigenvalue weighted by atomic mass is 9.62. The second-order valence-corrected chi connectivity index (χ2v) is 9.01. The monoisotopic (exact) mass is 465 g/mol. The molecule has 3 nitrogen and oxygen atoms in total. The summed E-state index contributed by atoms with van der Waals surface area (Å²) in [5.41, 5.74) is 1.70. The first-order chi connectivity index (χ1) is 12.1. The number of rotatable bonds is 4. The third kappa shape index (κ3) is 2.96. The molecular weight excluding hydrogens is 445 g/mol. The Balaban J connectivity index is 1.70. The molecule has 1 saturated heterocycles. The first kappa shape index (κ1) is 17.2. The van der Waals surface area contributed by atoms with Crippen LogP contribution in [-0.2, 0) is 11.3 Å². The lowest BCUT2D eigenvalue weighted by Crippen LogP contribution is -2.46. The van der Waals surface area contributed by atoms with Gasteiger partial charge in [0.05, 0.1) is 5.41 Å². The van der Waals surface area contributed by atoms with E-state index in [9.17, 15) is 9.90 Å². The molecule has 1 aliphatic carbocycles. The van der Waals surface area contributed by atoms with E-state index in [0.29, 0.717) is 6.54 Å². The Kier molecular flexibility index (Phi) is 4.73. The average molecular weight is 465 g/mol. The van der Waals surface area contributed by atoms with Gasteiger partial charge in [-0.1, -0.05) is 36.4 Å². The summed E-state index contributed by atoms with van der Waals surface area (Å²) in [6, 6.07) is 12.4. The Morgan fingerprint density at radius 3 is 2.76 bits per heavy atom. The fourth-order valence-corrected chi connectivity index (χ4v) is 6.19. The summed E-state index contributed by atoms with van der Waals surface area (Å²) in [7, 11) is 0. The first-order valence-corrected chi connectivity index (χ1v) is 10.5. The van der Waals surface area contributed by atoms with E-state index in [4.69, 9.17) is 0 Å². The van der Waals surface area contributed by atoms with Gasteiger partial charge in [0.25, 0.3) is 0 Å². The number of carboxylic acid groups (broad SMARTS) is 1. The van der Waals surface area contributed by atoms with Crippen molar-refractivity contribution in [2.45, 2.75) is 18.9 Å². The molecule has 1 fully saturated rings. The number of fused-ring (bicyclic) bond motifs is 1. The van der Waals surface area contributed by atoms with Crippen molar-refractivity contribution in [2.24, 2.45) is 11.3 Å². The van der Waals surface area contributed by atoms with E-state index in [1.165, 1.54) is 14.7 Å². The molecule has 1 aliphatic heterocycles. The van der Waals surface area contributed by atoms with Crippen LogP contribution in [-0.4, -0.2) is 29.1 Å². The van der Waals surface area contributed by atoms with Crippen LogP contribution in [0, 0.1) is 11.3 Å². The van der Waals surface area contributed by atoms with E-state index in [1.807, 2.05) is 18.2 Å². The van der Waals surface area contributed by atoms with Crippen LogP contribution in [0.2, 0.25) is 0 Å². The minimum Gasteiger partial charge on any atom is -0.481 e. The number of aliphatic carboxylic acids is 1. The van der Waals surface area contributed by atoms with E-state index in [0.717, 1.165) is 19.5 Å². The van der Waals surface area contributed by atoms with Gasteiger partial charge in [-0.25, -0.2) is 0 Å². The van der Waals surface area contributed by atoms with Crippen LogP contribution in [0.3, 0.4) is 0 Å². The molecule has 2 heterocycles. The summed E-state index contributed by atoms with van der Waals surface area (Å²) < 4.78 is 1.21. The zero-order valence-electron chi connectivity index (χ0n) is 13.8. The molecular formula is C20H20INO2S. The highest BCUT2D eigenvalue weighted by Crippen LogP contribution is 2.56. The molecule has 2 aromatic rings. The van der Waals surface area contributed by atoms with Crippen LogP contribution < -0.4 is 0 Å². The fraction of sp³-hybridized carbons (Fsp3) is 0.350. The maximum atomic E-state index is 12.6. The predicted molar refractivity (Wildman–Crippen MR) is 109 cm³/mol. The molecule has 4 rings (SSSR count). The highest BCUT2D eigenvalue weighted by Gasteiger charge is 2.59. The molecule has 5 heteroatoms. The quantitative estimate of drug-likeness (QED) is 0.663. The van der Waals surface area contributed by atoms with Gasteiger partial charge >= 0.3 is 5.97 Å². The Morgan fingerprint density at radius 2 is 2.08 bits per heavy atom. The normalized spacial score (nSPS) is 29.2. The highest BCUT2D eigenvalue weighted by atomic mass is 127. The lowest BCUT2D eigenvalue weighted by molar-refractivity contribution is -0.151. The van der Waals surface area contributed by atoms with E-state index in [-0.39, 0.29) is 11.8 Å². The number of hydrogen-bond acceptors (Lipinski definition) is 3. The third-order valence-corrected chi connectivity index (χ3v) is 7.54. The molecule has 2 aliphatic rings. The van der Waals surface area contributed by atoms with Crippen molar-refractivity contribution in [3.05, 3.63) is 67.9 Å². The number of allylic oxidation sites excluding steroid dienone is 1. The van der Waals surface area contributed by atoms with Crippen LogP contribution in [0.25, 0.3) is 0 Å². The van der Waals surface area contributed by atoms with Crippen LogP contribution in [0.5, 0.6) is 0 Å². The van der Waals surface area contributed by atoms with Crippen LogP contribution in [0.1, 0.15) is 23.5 Å². The summed E-state index contributed by atoms with van der Waals surface area (Å²) in [5.74, 6) is -0.514. The van der Waals surface area contributed by atoms with Gasteiger partial charge in [-0.05, 0) is 60.5 Å². The van der Waals surface area contributed by atoms with Gasteiger partial charge < -0.3 is 5.11 Å². The van der Waals surface area contributed by atoms with Crippen LogP contribution in [0.4, 0.5) is 0 Å². The number of carbonyl (C=O) groups is 1. The van der Waals surface area contributed by atoms with Crippen molar-refractivity contribution in [1.82, 2.24) is 4.90 Å². The minimum absolute atomic E-state index is 0.0561. The summed E-state index contributed by atoms with van der Waals surface area (Å²) >= 11 is 4.01. The van der Waals surface area contributed by atoms with E-state index in [1.54, 1.807) is 11.3 Å². The van der Waals surface area contributed by atoms with Crippen molar-refractivity contribution >= 4 is 39.9 Å². The molecule has 0 radical (unpaired) electrons. The molecule has 25 heavy (non-hydrogen) atoms. The molecule has 3 unspecified atom stereocenters. The van der Waals surface area contributed by atoms with Crippen molar-refractivity contribution in [2.75, 3.05) is 13.1 Å². The predicted octanol–water partition coefficient (Wildman–Crippen LogP) is 4.76. The van der Waals surface area contributed by atoms with E-state index < -0.39 is 11.4 Å². The first-order valence-electron chi connectivity index (χ1n) is 8.48. The number of nitrogens with zero attached hydrogens (tertiary/aromatic N) is 1. The Bertz CT molecular complexity index is 789. The second kappa shape index (κ2) is 6.85.